The van der Waals surface area contributed by atoms with Gasteiger partial charge in [-0.3, -0.25) is 9.59 Å². The first kappa shape index (κ1) is 11.7. The third-order valence-corrected chi connectivity index (χ3v) is 2.35. The van der Waals surface area contributed by atoms with Gasteiger partial charge in [-0.2, -0.15) is 0 Å². The lowest BCUT2D eigenvalue weighted by molar-refractivity contribution is -0.119. The summed E-state index contributed by atoms with van der Waals surface area (Å²) in [7, 11) is 0. The van der Waals surface area contributed by atoms with Gasteiger partial charge in [0.2, 0.25) is 0 Å². The van der Waals surface area contributed by atoms with Crippen molar-refractivity contribution in [3.05, 3.63) is 39.9 Å². The average molecular weight is 268 g/mol. The zero-order chi connectivity index (χ0) is 11.4. The fraction of sp³-hybridized carbons (Fsp3) is 0.0909. The molecular weight excluding hydrogens is 258 g/mol. The molecule has 1 amide bonds. The molecule has 4 heteroatoms. The van der Waals surface area contributed by atoms with Gasteiger partial charge in [0.25, 0.3) is 5.91 Å². The maximum Gasteiger partial charge on any atom is 0.252 e. The number of hydrogen-bond acceptors (Lipinski definition) is 2. The number of carbonyl (C=O) groups excluding carboxylic acids is 2. The first-order chi connectivity index (χ1) is 7.00. The number of hydrogen-bond donors (Lipinski definition) is 1. The van der Waals surface area contributed by atoms with Crippen LogP contribution in [0.5, 0.6) is 0 Å². The second-order valence-corrected chi connectivity index (χ2v) is 3.95. The van der Waals surface area contributed by atoms with Crippen molar-refractivity contribution in [1.29, 1.82) is 0 Å². The van der Waals surface area contributed by atoms with Crippen LogP contribution in [0.3, 0.4) is 0 Å². The molecule has 0 saturated carbocycles. The number of carbonyl (C=O) groups is 2. The van der Waals surface area contributed by atoms with Crippen LogP contribution in [0.25, 0.3) is 6.08 Å². The van der Waals surface area contributed by atoms with E-state index in [0.29, 0.717) is 0 Å². The fourth-order valence-corrected chi connectivity index (χ4v) is 1.34. The number of ketones is 1. The molecule has 1 aromatic carbocycles. The van der Waals surface area contributed by atoms with E-state index in [1.807, 2.05) is 12.1 Å². The molecule has 0 aliphatic heterocycles. The van der Waals surface area contributed by atoms with Crippen LogP contribution in [-0.4, -0.2) is 11.7 Å². The largest absolute Gasteiger partial charge is 0.365 e. The highest BCUT2D eigenvalue weighted by Crippen LogP contribution is 2.13. The summed E-state index contributed by atoms with van der Waals surface area (Å²) in [6, 6.07) is 7.22. The summed E-state index contributed by atoms with van der Waals surface area (Å²) in [4.78, 5) is 22.0. The van der Waals surface area contributed by atoms with Gasteiger partial charge >= 0.3 is 0 Å². The topological polar surface area (TPSA) is 60.2 Å². The van der Waals surface area contributed by atoms with E-state index in [4.69, 9.17) is 5.73 Å². The first-order valence-corrected chi connectivity index (χ1v) is 5.08. The van der Waals surface area contributed by atoms with Gasteiger partial charge in [0.1, 0.15) is 0 Å². The quantitative estimate of drug-likeness (QED) is 0.517. The molecule has 3 nitrogen and oxygen atoms in total. The van der Waals surface area contributed by atoms with Crippen molar-refractivity contribution in [2.24, 2.45) is 5.73 Å². The van der Waals surface area contributed by atoms with Gasteiger partial charge in [-0.05, 0) is 30.7 Å². The molecule has 0 atom stereocenters. The van der Waals surface area contributed by atoms with Crippen molar-refractivity contribution in [3.63, 3.8) is 0 Å². The minimum absolute atomic E-state index is 0.0114. The lowest BCUT2D eigenvalue weighted by Gasteiger charge is -1.98. The third kappa shape index (κ3) is 3.32. The summed E-state index contributed by atoms with van der Waals surface area (Å²) in [5, 5.41) is 0. The molecule has 15 heavy (non-hydrogen) atoms. The molecule has 2 N–H and O–H groups in total. The number of amides is 1. The van der Waals surface area contributed by atoms with E-state index in [1.54, 1.807) is 12.1 Å². The number of benzene rings is 1. The highest BCUT2D eigenvalue weighted by molar-refractivity contribution is 9.10. The third-order valence-electron chi connectivity index (χ3n) is 1.83. The van der Waals surface area contributed by atoms with Crippen LogP contribution in [0, 0.1) is 0 Å². The summed E-state index contributed by atoms with van der Waals surface area (Å²) < 4.78 is 0.933. The van der Waals surface area contributed by atoms with E-state index in [1.165, 1.54) is 13.0 Å². The van der Waals surface area contributed by atoms with Crippen LogP contribution in [0.15, 0.2) is 34.3 Å². The van der Waals surface area contributed by atoms with Crippen LogP contribution in [0.2, 0.25) is 0 Å². The highest BCUT2D eigenvalue weighted by Gasteiger charge is 2.09. The normalized spacial score (nSPS) is 11.2. The average Bonchev–Trinajstić information content (AvgIpc) is 2.15. The van der Waals surface area contributed by atoms with Crippen LogP contribution in [-0.2, 0) is 9.59 Å². The second-order valence-electron chi connectivity index (χ2n) is 3.03. The Bertz CT molecular complexity index is 405. The van der Waals surface area contributed by atoms with Crippen LogP contribution in [0.4, 0.5) is 0 Å². The SMILES string of the molecule is CC(=O)C(=Cc1ccc(Br)cc1)C(N)=O. The summed E-state index contributed by atoms with van der Waals surface area (Å²) in [5.74, 6) is -1.03. The summed E-state index contributed by atoms with van der Waals surface area (Å²) >= 11 is 3.29. The van der Waals surface area contributed by atoms with Gasteiger partial charge in [0.15, 0.2) is 5.78 Å². The van der Waals surface area contributed by atoms with Gasteiger partial charge in [-0.1, -0.05) is 28.1 Å². The number of rotatable bonds is 3. The molecule has 1 rings (SSSR count). The summed E-state index contributed by atoms with van der Waals surface area (Å²) in [6.07, 6.45) is 1.48. The predicted octanol–water partition coefficient (Wildman–Crippen LogP) is 1.91. The van der Waals surface area contributed by atoms with Crippen molar-refractivity contribution >= 4 is 33.7 Å². The smallest absolute Gasteiger partial charge is 0.252 e. The minimum Gasteiger partial charge on any atom is -0.365 e. The number of halogens is 1. The van der Waals surface area contributed by atoms with Gasteiger partial charge in [-0.15, -0.1) is 0 Å². The van der Waals surface area contributed by atoms with Gasteiger partial charge in [-0.25, -0.2) is 0 Å². The molecule has 0 unspecified atom stereocenters. The lowest BCUT2D eigenvalue weighted by Crippen LogP contribution is -2.18. The van der Waals surface area contributed by atoms with Crippen molar-refractivity contribution in [1.82, 2.24) is 0 Å². The van der Waals surface area contributed by atoms with E-state index in [0.717, 1.165) is 10.0 Å². The van der Waals surface area contributed by atoms with E-state index in [2.05, 4.69) is 15.9 Å². The van der Waals surface area contributed by atoms with Crippen molar-refractivity contribution in [2.75, 3.05) is 0 Å². The molecule has 0 aliphatic rings. The monoisotopic (exact) mass is 267 g/mol. The molecule has 0 spiro atoms. The highest BCUT2D eigenvalue weighted by atomic mass is 79.9. The molecule has 0 bridgehead atoms. The Hall–Kier alpha value is -1.42. The molecule has 0 saturated heterocycles. The Kier molecular flexibility index (Phi) is 3.80. The summed E-state index contributed by atoms with van der Waals surface area (Å²) in [6.45, 7) is 1.31. The van der Waals surface area contributed by atoms with Gasteiger partial charge < -0.3 is 5.73 Å². The second kappa shape index (κ2) is 4.89. The van der Waals surface area contributed by atoms with Gasteiger partial charge in [0.05, 0.1) is 5.57 Å². The molecule has 0 radical (unpaired) electrons. The van der Waals surface area contributed by atoms with E-state index >= 15 is 0 Å². The molecule has 1 aromatic rings. The Morgan fingerprint density at radius 2 is 1.80 bits per heavy atom. The maximum absolute atomic E-state index is 11.1. The molecular formula is C11H10BrNO2. The maximum atomic E-state index is 11.1. The zero-order valence-corrected chi connectivity index (χ0v) is 9.74. The number of nitrogens with two attached hydrogens (primary N) is 1. The molecule has 0 aromatic heterocycles. The van der Waals surface area contributed by atoms with E-state index in [-0.39, 0.29) is 11.4 Å². The molecule has 0 aliphatic carbocycles. The predicted molar refractivity (Wildman–Crippen MR) is 62.0 cm³/mol. The summed E-state index contributed by atoms with van der Waals surface area (Å²) in [5.41, 5.74) is 5.86. The van der Waals surface area contributed by atoms with Crippen molar-refractivity contribution in [3.8, 4) is 0 Å². The van der Waals surface area contributed by atoms with Crippen LogP contribution >= 0.6 is 15.9 Å². The van der Waals surface area contributed by atoms with Crippen LogP contribution in [0.1, 0.15) is 12.5 Å². The Labute approximate surface area is 96.1 Å². The molecule has 0 fully saturated rings. The van der Waals surface area contributed by atoms with Gasteiger partial charge in [0, 0.05) is 4.47 Å². The fourth-order valence-electron chi connectivity index (χ4n) is 1.07. The Morgan fingerprint density at radius 1 is 1.27 bits per heavy atom. The minimum atomic E-state index is -0.703. The standard InChI is InChI=1S/C11H10BrNO2/c1-7(14)10(11(13)15)6-8-2-4-9(12)5-3-8/h2-6H,1H3,(H2,13,15). The number of Topliss-reactive ketones (excluding diaryl/α,β-unsaturated/α-hetero) is 1. The Balaban J connectivity index is 3.08. The molecule has 78 valence electrons. The molecule has 0 heterocycles. The van der Waals surface area contributed by atoms with Crippen molar-refractivity contribution in [2.45, 2.75) is 6.92 Å². The number of primary amides is 1. The van der Waals surface area contributed by atoms with Crippen molar-refractivity contribution < 1.29 is 9.59 Å². The lowest BCUT2D eigenvalue weighted by atomic mass is 10.1. The zero-order valence-electron chi connectivity index (χ0n) is 8.16. The Morgan fingerprint density at radius 3 is 2.20 bits per heavy atom. The first-order valence-electron chi connectivity index (χ1n) is 4.28. The van der Waals surface area contributed by atoms with E-state index < -0.39 is 5.91 Å². The van der Waals surface area contributed by atoms with E-state index in [9.17, 15) is 9.59 Å². The van der Waals surface area contributed by atoms with Crippen LogP contribution < -0.4 is 5.73 Å².